The summed E-state index contributed by atoms with van der Waals surface area (Å²) in [6, 6.07) is 6.62. The Labute approximate surface area is 183 Å². The molecule has 1 aromatic rings. The summed E-state index contributed by atoms with van der Waals surface area (Å²) in [5.41, 5.74) is 0.799. The molecule has 0 spiro atoms. The minimum Gasteiger partial charge on any atom is -0.462 e. The second-order valence-electron chi connectivity index (χ2n) is 8.18. The highest BCUT2D eigenvalue weighted by Gasteiger charge is 2.14. The fourth-order valence-corrected chi connectivity index (χ4v) is 3.41. The van der Waals surface area contributed by atoms with Crippen LogP contribution in [0.4, 0.5) is 0 Å². The fraction of sp³-hybridized carbons (Fsp3) is 0.692. The second-order valence-corrected chi connectivity index (χ2v) is 8.18. The van der Waals surface area contributed by atoms with Crippen molar-refractivity contribution in [3.05, 3.63) is 35.4 Å². The molecule has 4 heteroatoms. The van der Waals surface area contributed by atoms with Crippen molar-refractivity contribution in [2.75, 3.05) is 13.2 Å². The minimum atomic E-state index is -0.383. The molecule has 0 saturated heterocycles. The number of carbonyl (C=O) groups excluding carboxylic acids is 2. The van der Waals surface area contributed by atoms with Gasteiger partial charge in [-0.3, -0.25) is 0 Å². The van der Waals surface area contributed by atoms with E-state index in [-0.39, 0.29) is 11.9 Å². The largest absolute Gasteiger partial charge is 0.462 e. The van der Waals surface area contributed by atoms with Crippen LogP contribution in [0.2, 0.25) is 0 Å². The Kier molecular flexibility index (Phi) is 14.8. The maximum absolute atomic E-state index is 12.3. The molecular formula is C26H42O4. The van der Waals surface area contributed by atoms with Crippen molar-refractivity contribution in [3.8, 4) is 0 Å². The van der Waals surface area contributed by atoms with Gasteiger partial charge in [0.05, 0.1) is 24.3 Å². The topological polar surface area (TPSA) is 52.6 Å². The summed E-state index contributed by atoms with van der Waals surface area (Å²) < 4.78 is 10.8. The highest BCUT2D eigenvalue weighted by Crippen LogP contribution is 2.13. The summed E-state index contributed by atoms with van der Waals surface area (Å²) >= 11 is 0. The maximum Gasteiger partial charge on any atom is 0.338 e. The number of ether oxygens (including phenoxy) is 2. The second kappa shape index (κ2) is 16.9. The Bertz CT molecular complexity index is 592. The third-order valence-electron chi connectivity index (χ3n) is 5.67. The van der Waals surface area contributed by atoms with Crippen molar-refractivity contribution in [1.82, 2.24) is 0 Å². The van der Waals surface area contributed by atoms with Gasteiger partial charge >= 0.3 is 11.9 Å². The Morgan fingerprint density at radius 1 is 0.733 bits per heavy atom. The monoisotopic (exact) mass is 418 g/mol. The quantitative estimate of drug-likeness (QED) is 0.196. The van der Waals surface area contributed by atoms with Crippen LogP contribution >= 0.6 is 0 Å². The normalized spacial score (nSPS) is 10.9. The highest BCUT2D eigenvalue weighted by molar-refractivity contribution is 5.95. The predicted molar refractivity (Wildman–Crippen MR) is 123 cm³/mol. The van der Waals surface area contributed by atoms with Gasteiger partial charge in [-0.25, -0.2) is 9.59 Å². The number of hydrogen-bond donors (Lipinski definition) is 0. The minimum absolute atomic E-state index is 0.374. The molecule has 0 fully saturated rings. The number of esters is 2. The molecule has 0 bridgehead atoms. The molecule has 0 heterocycles. The van der Waals surface area contributed by atoms with Crippen LogP contribution in [0.25, 0.3) is 0 Å². The van der Waals surface area contributed by atoms with Gasteiger partial charge in [-0.15, -0.1) is 0 Å². The maximum atomic E-state index is 12.3. The lowest BCUT2D eigenvalue weighted by Crippen LogP contribution is -2.14. The zero-order chi connectivity index (χ0) is 22.0. The molecule has 0 unspecified atom stereocenters. The molecule has 0 aliphatic carbocycles. The van der Waals surface area contributed by atoms with Gasteiger partial charge in [-0.05, 0) is 30.5 Å². The van der Waals surface area contributed by atoms with Crippen LogP contribution in [0.1, 0.15) is 119 Å². The SMILES string of the molecule is CCCCCCCCCCCCOC(=O)c1cccc(C(=O)OCC(CC)CC)c1. The lowest BCUT2D eigenvalue weighted by molar-refractivity contribution is 0.0433. The summed E-state index contributed by atoms with van der Waals surface area (Å²) in [5.74, 6) is -0.380. The Morgan fingerprint density at radius 3 is 1.77 bits per heavy atom. The van der Waals surface area contributed by atoms with Gasteiger partial charge in [0.25, 0.3) is 0 Å². The molecule has 0 N–H and O–H groups in total. The van der Waals surface area contributed by atoms with E-state index in [1.807, 2.05) is 0 Å². The first-order valence-corrected chi connectivity index (χ1v) is 12.1. The van der Waals surface area contributed by atoms with E-state index < -0.39 is 0 Å². The van der Waals surface area contributed by atoms with Crippen molar-refractivity contribution in [2.24, 2.45) is 5.92 Å². The molecule has 0 aliphatic rings. The molecular weight excluding hydrogens is 376 g/mol. The summed E-state index contributed by atoms with van der Waals surface area (Å²) in [7, 11) is 0. The average molecular weight is 419 g/mol. The van der Waals surface area contributed by atoms with Crippen molar-refractivity contribution in [3.63, 3.8) is 0 Å². The van der Waals surface area contributed by atoms with Crippen molar-refractivity contribution < 1.29 is 19.1 Å². The van der Waals surface area contributed by atoms with Gasteiger partial charge in [-0.1, -0.05) is 97.5 Å². The molecule has 4 nitrogen and oxygen atoms in total. The third-order valence-corrected chi connectivity index (χ3v) is 5.67. The van der Waals surface area contributed by atoms with Gasteiger partial charge < -0.3 is 9.47 Å². The van der Waals surface area contributed by atoms with E-state index in [1.54, 1.807) is 24.3 Å². The van der Waals surface area contributed by atoms with Crippen LogP contribution in [-0.2, 0) is 9.47 Å². The molecule has 0 aromatic heterocycles. The first-order chi connectivity index (χ1) is 14.6. The molecule has 1 aromatic carbocycles. The molecule has 30 heavy (non-hydrogen) atoms. The molecule has 0 amide bonds. The fourth-order valence-electron chi connectivity index (χ4n) is 3.41. The van der Waals surface area contributed by atoms with Gasteiger partial charge in [0.1, 0.15) is 0 Å². The van der Waals surface area contributed by atoms with Crippen LogP contribution in [-0.4, -0.2) is 25.2 Å². The van der Waals surface area contributed by atoms with E-state index in [0.717, 1.165) is 25.7 Å². The Balaban J connectivity index is 2.23. The van der Waals surface area contributed by atoms with Crippen molar-refractivity contribution in [2.45, 2.75) is 97.8 Å². The van der Waals surface area contributed by atoms with Gasteiger partial charge in [0, 0.05) is 0 Å². The summed E-state index contributed by atoms with van der Waals surface area (Å²) in [4.78, 5) is 24.5. The van der Waals surface area contributed by atoms with E-state index in [1.165, 1.54) is 51.4 Å². The van der Waals surface area contributed by atoms with E-state index in [2.05, 4.69) is 20.8 Å². The Morgan fingerprint density at radius 2 is 1.23 bits per heavy atom. The van der Waals surface area contributed by atoms with E-state index in [4.69, 9.17) is 9.47 Å². The number of benzene rings is 1. The predicted octanol–water partition coefficient (Wildman–Crippen LogP) is 7.36. The van der Waals surface area contributed by atoms with Crippen LogP contribution in [0.15, 0.2) is 24.3 Å². The average Bonchev–Trinajstić information content (AvgIpc) is 2.78. The van der Waals surface area contributed by atoms with E-state index in [9.17, 15) is 9.59 Å². The summed E-state index contributed by atoms with van der Waals surface area (Å²) in [6.07, 6.45) is 14.4. The van der Waals surface area contributed by atoms with Crippen LogP contribution in [0, 0.1) is 5.92 Å². The van der Waals surface area contributed by atoms with Crippen molar-refractivity contribution in [1.29, 1.82) is 0 Å². The van der Waals surface area contributed by atoms with E-state index in [0.29, 0.717) is 30.3 Å². The van der Waals surface area contributed by atoms with Gasteiger partial charge in [-0.2, -0.15) is 0 Å². The van der Waals surface area contributed by atoms with Gasteiger partial charge in [0.2, 0.25) is 0 Å². The first-order valence-electron chi connectivity index (χ1n) is 12.1. The number of carbonyl (C=O) groups is 2. The summed E-state index contributed by atoms with van der Waals surface area (Å²) in [5, 5.41) is 0. The molecule has 0 aliphatic heterocycles. The van der Waals surface area contributed by atoms with Gasteiger partial charge in [0.15, 0.2) is 0 Å². The summed E-state index contributed by atoms with van der Waals surface area (Å²) in [6.45, 7) is 7.27. The zero-order valence-electron chi connectivity index (χ0n) is 19.4. The van der Waals surface area contributed by atoms with Crippen LogP contribution in [0.5, 0.6) is 0 Å². The zero-order valence-corrected chi connectivity index (χ0v) is 19.4. The highest BCUT2D eigenvalue weighted by atomic mass is 16.5. The lowest BCUT2D eigenvalue weighted by atomic mass is 10.1. The Hall–Kier alpha value is -1.84. The molecule has 0 saturated carbocycles. The standard InChI is InChI=1S/C26H42O4/c1-4-7-8-9-10-11-12-13-14-15-19-29-25(27)23-17-16-18-24(20-23)26(28)30-21-22(5-2)6-3/h16-18,20,22H,4-15,19,21H2,1-3H3. The number of rotatable bonds is 17. The van der Waals surface area contributed by atoms with Crippen LogP contribution in [0.3, 0.4) is 0 Å². The number of unbranched alkanes of at least 4 members (excludes halogenated alkanes) is 9. The van der Waals surface area contributed by atoms with Crippen molar-refractivity contribution >= 4 is 11.9 Å². The van der Waals surface area contributed by atoms with E-state index >= 15 is 0 Å². The lowest BCUT2D eigenvalue weighted by Gasteiger charge is -2.13. The molecule has 170 valence electrons. The number of hydrogen-bond acceptors (Lipinski definition) is 4. The smallest absolute Gasteiger partial charge is 0.338 e. The molecule has 0 radical (unpaired) electrons. The third kappa shape index (κ3) is 11.4. The first kappa shape index (κ1) is 26.2. The molecule has 0 atom stereocenters. The van der Waals surface area contributed by atoms with Crippen LogP contribution < -0.4 is 0 Å². The molecule has 1 rings (SSSR count).